The number of hydrogen-bond donors (Lipinski definition) is 0. The molecule has 1 unspecified atom stereocenters. The van der Waals surface area contributed by atoms with E-state index in [1.54, 1.807) is 0 Å². The van der Waals surface area contributed by atoms with E-state index < -0.39 is 6.10 Å². The second kappa shape index (κ2) is 45.8. The highest BCUT2D eigenvalue weighted by Crippen LogP contribution is 2.12. The van der Waals surface area contributed by atoms with Gasteiger partial charge in [-0.25, -0.2) is 0 Å². The van der Waals surface area contributed by atoms with Crippen molar-refractivity contribution in [2.75, 3.05) is 13.2 Å². The lowest BCUT2D eigenvalue weighted by Crippen LogP contribution is -2.30. The van der Waals surface area contributed by atoms with Gasteiger partial charge in [0.05, 0.1) is 0 Å². The van der Waals surface area contributed by atoms with Gasteiger partial charge in [-0.1, -0.05) is 182 Å². The fourth-order valence-electron chi connectivity index (χ4n) is 5.69. The molecule has 0 aromatic heterocycles. The van der Waals surface area contributed by atoms with Crippen molar-refractivity contribution in [2.24, 2.45) is 0 Å². The van der Waals surface area contributed by atoms with Crippen LogP contribution in [-0.2, 0) is 28.6 Å². The first-order chi connectivity index (χ1) is 28.5. The highest BCUT2D eigenvalue weighted by molar-refractivity contribution is 5.71. The van der Waals surface area contributed by atoms with Crippen molar-refractivity contribution in [1.29, 1.82) is 0 Å². The van der Waals surface area contributed by atoms with Crippen molar-refractivity contribution >= 4 is 17.9 Å². The molecule has 0 aromatic carbocycles. The Hall–Kier alpha value is -3.93. The maximum Gasteiger partial charge on any atom is 0.306 e. The molecule has 0 N–H and O–H groups in total. The average Bonchev–Trinajstić information content (AvgIpc) is 3.22. The first-order valence-corrected chi connectivity index (χ1v) is 23.0. The molecular formula is C52H82O6. The molecule has 6 heteroatoms. The lowest BCUT2D eigenvalue weighted by Gasteiger charge is -2.18. The van der Waals surface area contributed by atoms with E-state index in [4.69, 9.17) is 14.2 Å². The van der Waals surface area contributed by atoms with Crippen LogP contribution in [0.5, 0.6) is 0 Å². The minimum Gasteiger partial charge on any atom is -0.462 e. The third-order valence-electron chi connectivity index (χ3n) is 9.12. The molecule has 0 spiro atoms. The Bertz CT molecular complexity index is 1240. The molecule has 0 aromatic rings. The summed E-state index contributed by atoms with van der Waals surface area (Å²) < 4.78 is 16.7. The third kappa shape index (κ3) is 43.2. The van der Waals surface area contributed by atoms with E-state index in [1.165, 1.54) is 25.7 Å². The first-order valence-electron chi connectivity index (χ1n) is 23.0. The van der Waals surface area contributed by atoms with Crippen LogP contribution in [0.2, 0.25) is 0 Å². The Labute approximate surface area is 355 Å². The molecule has 1 atom stereocenters. The quantitative estimate of drug-likeness (QED) is 0.0202. The highest BCUT2D eigenvalue weighted by atomic mass is 16.6. The van der Waals surface area contributed by atoms with Gasteiger partial charge in [0.2, 0.25) is 0 Å². The summed E-state index contributed by atoms with van der Waals surface area (Å²) in [6, 6.07) is 0. The Balaban J connectivity index is 4.54. The van der Waals surface area contributed by atoms with Crippen LogP contribution in [0.15, 0.2) is 109 Å². The van der Waals surface area contributed by atoms with Crippen molar-refractivity contribution in [3.63, 3.8) is 0 Å². The summed E-state index contributed by atoms with van der Waals surface area (Å²) >= 11 is 0. The number of carbonyl (C=O) groups excluding carboxylic acids is 3. The van der Waals surface area contributed by atoms with Crippen LogP contribution in [0.4, 0.5) is 0 Å². The van der Waals surface area contributed by atoms with Gasteiger partial charge >= 0.3 is 17.9 Å². The van der Waals surface area contributed by atoms with Gasteiger partial charge in [0, 0.05) is 19.3 Å². The normalized spacial score (nSPS) is 13.1. The standard InChI is InChI=1S/C52H82O6/c1-4-7-10-13-16-19-22-24-26-28-30-33-36-39-42-45-51(54)57-48-49(47-56-50(53)44-41-38-35-32-29-21-18-15-12-9-6-3)58-52(55)46-43-40-37-34-31-27-25-23-20-17-14-11-8-5-2/h7-8,10-11,13,15-20,22,24-28,30,49H,4-6,9,12,14,21,23,29,31-48H2,1-3H3/b10-7-,11-8-,16-13-,18-15-,20-17-,22-19-,26-24-,27-25-,30-28-. The predicted molar refractivity (Wildman–Crippen MR) is 247 cm³/mol. The minimum atomic E-state index is -0.811. The van der Waals surface area contributed by atoms with Gasteiger partial charge in [-0.3, -0.25) is 14.4 Å². The maximum absolute atomic E-state index is 12.7. The predicted octanol–water partition coefficient (Wildman–Crippen LogP) is 14.8. The molecule has 0 amide bonds. The fourth-order valence-corrected chi connectivity index (χ4v) is 5.69. The molecule has 0 aliphatic rings. The monoisotopic (exact) mass is 803 g/mol. The molecule has 0 bridgehead atoms. The highest BCUT2D eigenvalue weighted by Gasteiger charge is 2.19. The summed E-state index contributed by atoms with van der Waals surface area (Å²) in [7, 11) is 0. The number of esters is 3. The van der Waals surface area contributed by atoms with Gasteiger partial charge in [-0.2, -0.15) is 0 Å². The smallest absolute Gasteiger partial charge is 0.306 e. The molecule has 0 saturated heterocycles. The van der Waals surface area contributed by atoms with Gasteiger partial charge in [-0.15, -0.1) is 0 Å². The molecule has 6 nitrogen and oxygen atoms in total. The van der Waals surface area contributed by atoms with E-state index in [0.717, 1.165) is 116 Å². The third-order valence-corrected chi connectivity index (χ3v) is 9.12. The van der Waals surface area contributed by atoms with E-state index in [0.29, 0.717) is 12.8 Å². The van der Waals surface area contributed by atoms with Crippen molar-refractivity contribution in [2.45, 2.75) is 187 Å². The van der Waals surface area contributed by atoms with E-state index >= 15 is 0 Å². The average molecular weight is 803 g/mol. The zero-order valence-corrected chi connectivity index (χ0v) is 37.0. The van der Waals surface area contributed by atoms with Gasteiger partial charge in [0.1, 0.15) is 13.2 Å². The SMILES string of the molecule is CC\C=C/C=C\C=C/C=C\C=C/CCCCCC(=O)OCC(COC(=O)CCCCCCC/C=C\CCCC)OC(=O)CCCCCC/C=C\C/C=C\C/C=C\CC. The number of unbranched alkanes of at least 4 members (excludes halogenated alkanes) is 14. The van der Waals surface area contributed by atoms with Crippen molar-refractivity contribution in [1.82, 2.24) is 0 Å². The van der Waals surface area contributed by atoms with E-state index in [9.17, 15) is 14.4 Å². The summed E-state index contributed by atoms with van der Waals surface area (Å²) in [6.07, 6.45) is 60.7. The molecule has 0 heterocycles. The van der Waals surface area contributed by atoms with Gasteiger partial charge in [0.15, 0.2) is 6.10 Å². The molecule has 326 valence electrons. The van der Waals surface area contributed by atoms with Crippen LogP contribution >= 0.6 is 0 Å². The largest absolute Gasteiger partial charge is 0.462 e. The van der Waals surface area contributed by atoms with Crippen LogP contribution in [-0.4, -0.2) is 37.2 Å². The number of hydrogen-bond acceptors (Lipinski definition) is 6. The molecule has 0 aliphatic heterocycles. The van der Waals surface area contributed by atoms with Crippen LogP contribution < -0.4 is 0 Å². The molecule has 58 heavy (non-hydrogen) atoms. The maximum atomic E-state index is 12.7. The van der Waals surface area contributed by atoms with Crippen LogP contribution in [0.1, 0.15) is 181 Å². The van der Waals surface area contributed by atoms with Crippen molar-refractivity contribution in [3.8, 4) is 0 Å². The van der Waals surface area contributed by atoms with E-state index in [-0.39, 0.29) is 37.5 Å². The molecule has 0 rings (SSSR count). The van der Waals surface area contributed by atoms with Crippen LogP contribution in [0.3, 0.4) is 0 Å². The minimum absolute atomic E-state index is 0.108. The lowest BCUT2D eigenvalue weighted by atomic mass is 10.1. The van der Waals surface area contributed by atoms with Crippen molar-refractivity contribution < 1.29 is 28.6 Å². The van der Waals surface area contributed by atoms with Gasteiger partial charge < -0.3 is 14.2 Å². The lowest BCUT2D eigenvalue weighted by molar-refractivity contribution is -0.167. The van der Waals surface area contributed by atoms with E-state index in [2.05, 4.69) is 81.5 Å². The van der Waals surface area contributed by atoms with Crippen LogP contribution in [0.25, 0.3) is 0 Å². The number of ether oxygens (including phenoxy) is 3. The molecule has 0 fully saturated rings. The Morgan fingerprint density at radius 3 is 1.29 bits per heavy atom. The Morgan fingerprint density at radius 2 is 0.759 bits per heavy atom. The van der Waals surface area contributed by atoms with Gasteiger partial charge in [0.25, 0.3) is 0 Å². The summed E-state index contributed by atoms with van der Waals surface area (Å²) in [5.41, 5.74) is 0. The first kappa shape index (κ1) is 54.1. The summed E-state index contributed by atoms with van der Waals surface area (Å²) in [6.45, 7) is 6.24. The molecule has 0 saturated carbocycles. The molecule has 0 aliphatic carbocycles. The fraction of sp³-hybridized carbons (Fsp3) is 0.596. The van der Waals surface area contributed by atoms with Crippen LogP contribution in [0, 0.1) is 0 Å². The number of carbonyl (C=O) groups is 3. The zero-order chi connectivity index (χ0) is 42.3. The molecule has 0 radical (unpaired) electrons. The summed E-state index contributed by atoms with van der Waals surface area (Å²) in [5, 5.41) is 0. The second-order valence-electron chi connectivity index (χ2n) is 14.7. The number of rotatable bonds is 39. The van der Waals surface area contributed by atoms with Gasteiger partial charge in [-0.05, 0) is 89.9 Å². The van der Waals surface area contributed by atoms with Crippen molar-refractivity contribution in [3.05, 3.63) is 109 Å². The Morgan fingerprint density at radius 1 is 0.379 bits per heavy atom. The molecular weight excluding hydrogens is 721 g/mol. The van der Waals surface area contributed by atoms with E-state index in [1.807, 2.05) is 48.6 Å². The Kier molecular flexibility index (Phi) is 42.7. The topological polar surface area (TPSA) is 78.9 Å². The number of allylic oxidation sites excluding steroid dienone is 18. The second-order valence-corrected chi connectivity index (χ2v) is 14.7. The zero-order valence-electron chi connectivity index (χ0n) is 37.0. The summed E-state index contributed by atoms with van der Waals surface area (Å²) in [5.74, 6) is -0.995. The summed E-state index contributed by atoms with van der Waals surface area (Å²) in [4.78, 5) is 37.8.